The van der Waals surface area contributed by atoms with Gasteiger partial charge in [-0.25, -0.2) is 8.42 Å². The van der Waals surface area contributed by atoms with E-state index < -0.39 is 15.4 Å². The molecule has 1 saturated heterocycles. The van der Waals surface area contributed by atoms with Crippen molar-refractivity contribution in [3.63, 3.8) is 0 Å². The Morgan fingerprint density at radius 3 is 2.27 bits per heavy atom. The van der Waals surface area contributed by atoms with E-state index in [0.717, 1.165) is 48.8 Å². The number of benzene rings is 3. The van der Waals surface area contributed by atoms with Gasteiger partial charge in [-0.3, -0.25) is 4.79 Å². The van der Waals surface area contributed by atoms with Crippen molar-refractivity contribution in [2.75, 3.05) is 18.8 Å². The average molecular weight is 579 g/mol. The number of Topliss-reactive ketones (excluding diaryl/α,β-unsaturated/α-hetero) is 1. The van der Waals surface area contributed by atoms with Crippen LogP contribution in [-0.2, 0) is 14.8 Å². The lowest BCUT2D eigenvalue weighted by Gasteiger charge is -2.29. The molecule has 2 N–H and O–H groups in total. The summed E-state index contributed by atoms with van der Waals surface area (Å²) in [6, 6.07) is 26.9. The second kappa shape index (κ2) is 13.4. The van der Waals surface area contributed by atoms with E-state index in [1.165, 1.54) is 16.1 Å². The summed E-state index contributed by atoms with van der Waals surface area (Å²) in [6.45, 7) is 1.02. The van der Waals surface area contributed by atoms with Gasteiger partial charge >= 0.3 is 0 Å². The monoisotopic (exact) mass is 578 g/mol. The minimum atomic E-state index is -3.82. The van der Waals surface area contributed by atoms with Crippen LogP contribution >= 0.6 is 11.8 Å². The van der Waals surface area contributed by atoms with Crippen molar-refractivity contribution >= 4 is 27.6 Å². The molecular weight excluding hydrogens is 540 g/mol. The second-order valence-electron chi connectivity index (χ2n) is 10.7. The normalized spacial score (nSPS) is 22.7. The summed E-state index contributed by atoms with van der Waals surface area (Å²) in [5.41, 5.74) is 3.05. The molecule has 0 bridgehead atoms. The minimum absolute atomic E-state index is 0.0298. The van der Waals surface area contributed by atoms with Gasteiger partial charge in [-0.1, -0.05) is 85.6 Å². The number of ketones is 1. The van der Waals surface area contributed by atoms with Crippen molar-refractivity contribution in [3.05, 3.63) is 90.5 Å². The van der Waals surface area contributed by atoms with Crippen LogP contribution in [-0.4, -0.2) is 60.0 Å². The molecule has 0 spiro atoms. The van der Waals surface area contributed by atoms with Crippen LogP contribution in [0.4, 0.5) is 0 Å². The summed E-state index contributed by atoms with van der Waals surface area (Å²) < 4.78 is 28.7. The largest absolute Gasteiger partial charge is 0.392 e. The molecule has 3 aromatic rings. The van der Waals surface area contributed by atoms with Gasteiger partial charge in [0.1, 0.15) is 5.37 Å². The zero-order chi connectivity index (χ0) is 28.0. The highest BCUT2D eigenvalue weighted by Crippen LogP contribution is 2.35. The molecule has 6 nitrogen and oxygen atoms in total. The number of thioether (sulfide) groups is 1. The Balaban J connectivity index is 1.27. The molecule has 1 heterocycles. The molecule has 212 valence electrons. The number of carbonyl (C=O) groups is 1. The smallest absolute Gasteiger partial charge is 0.244 e. The van der Waals surface area contributed by atoms with Crippen LogP contribution < -0.4 is 5.32 Å². The maximum atomic E-state index is 13.7. The van der Waals surface area contributed by atoms with Crippen LogP contribution in [0.5, 0.6) is 0 Å². The van der Waals surface area contributed by atoms with Gasteiger partial charge in [0, 0.05) is 24.8 Å². The molecule has 2 fully saturated rings. The van der Waals surface area contributed by atoms with Crippen LogP contribution in [0, 0.1) is 0 Å². The summed E-state index contributed by atoms with van der Waals surface area (Å²) in [4.78, 5) is 13.9. The number of nitrogens with one attached hydrogen (secondary N) is 1. The standard InChI is InChI=1S/C32H38N2O4S2/c35-30-14-8-7-13-29(30)33-20-19-27(25-11-5-2-6-12-25)23-31(36)32-34(21-22-39-32)40(37,38)28-17-15-26(16-18-28)24-9-3-1-4-10-24/h1-6,9-12,15-18,27,29-30,32-33,35H,7-8,13-14,19-23H2. The van der Waals surface area contributed by atoms with Crippen molar-refractivity contribution in [1.29, 1.82) is 0 Å². The van der Waals surface area contributed by atoms with Crippen LogP contribution in [0.2, 0.25) is 0 Å². The lowest BCUT2D eigenvalue weighted by atomic mass is 9.89. The van der Waals surface area contributed by atoms with Crippen molar-refractivity contribution in [3.8, 4) is 11.1 Å². The lowest BCUT2D eigenvalue weighted by molar-refractivity contribution is -0.120. The van der Waals surface area contributed by atoms with Crippen molar-refractivity contribution < 1.29 is 18.3 Å². The highest BCUT2D eigenvalue weighted by molar-refractivity contribution is 8.02. The van der Waals surface area contributed by atoms with Gasteiger partial charge < -0.3 is 10.4 Å². The molecule has 4 unspecified atom stereocenters. The predicted molar refractivity (Wildman–Crippen MR) is 162 cm³/mol. The number of rotatable bonds is 11. The van der Waals surface area contributed by atoms with Gasteiger partial charge in [-0.15, -0.1) is 11.8 Å². The van der Waals surface area contributed by atoms with E-state index in [1.807, 2.05) is 72.8 Å². The number of sulfonamides is 1. The van der Waals surface area contributed by atoms with Crippen molar-refractivity contribution in [2.45, 2.75) is 66.9 Å². The SMILES string of the molecule is O=C(CC(CCNC1CCCCC1O)c1ccccc1)C1SCCN1S(=O)(=O)c1ccc(-c2ccccc2)cc1. The third kappa shape index (κ3) is 6.86. The van der Waals surface area contributed by atoms with Crippen LogP contribution in [0.3, 0.4) is 0 Å². The quantitative estimate of drug-likeness (QED) is 0.315. The second-order valence-corrected chi connectivity index (χ2v) is 13.8. The summed E-state index contributed by atoms with van der Waals surface area (Å²) in [5.74, 6) is 0.505. The molecule has 5 rings (SSSR count). The van der Waals surface area contributed by atoms with Crippen LogP contribution in [0.1, 0.15) is 50.0 Å². The molecule has 0 amide bonds. The van der Waals surface area contributed by atoms with E-state index in [1.54, 1.807) is 12.1 Å². The zero-order valence-corrected chi connectivity index (χ0v) is 24.3. The number of aliphatic hydroxyl groups is 1. The summed E-state index contributed by atoms with van der Waals surface area (Å²) in [5, 5.41) is 13.1. The number of aliphatic hydroxyl groups excluding tert-OH is 1. The topological polar surface area (TPSA) is 86.7 Å². The van der Waals surface area contributed by atoms with E-state index in [9.17, 15) is 18.3 Å². The highest BCUT2D eigenvalue weighted by Gasteiger charge is 2.40. The number of carbonyl (C=O) groups excluding carboxylic acids is 1. The molecule has 40 heavy (non-hydrogen) atoms. The number of hydrogen-bond acceptors (Lipinski definition) is 6. The first-order chi connectivity index (χ1) is 19.4. The summed E-state index contributed by atoms with van der Waals surface area (Å²) >= 11 is 1.41. The number of hydrogen-bond donors (Lipinski definition) is 2. The van der Waals surface area contributed by atoms with Gasteiger partial charge in [-0.2, -0.15) is 4.31 Å². The Bertz CT molecular complexity index is 1350. The first-order valence-electron chi connectivity index (χ1n) is 14.2. The molecule has 1 aliphatic heterocycles. The third-order valence-electron chi connectivity index (χ3n) is 8.04. The summed E-state index contributed by atoms with van der Waals surface area (Å²) in [6.07, 6.45) is 4.68. The number of nitrogens with zero attached hydrogens (tertiary/aromatic N) is 1. The fraction of sp³-hybridized carbons (Fsp3) is 0.406. The fourth-order valence-corrected chi connectivity index (χ4v) is 8.96. The van der Waals surface area contributed by atoms with Gasteiger partial charge in [0.15, 0.2) is 5.78 Å². The average Bonchev–Trinajstić information content (AvgIpc) is 3.50. The van der Waals surface area contributed by atoms with Gasteiger partial charge in [0.05, 0.1) is 11.0 Å². The van der Waals surface area contributed by atoms with E-state index >= 15 is 0 Å². The lowest BCUT2D eigenvalue weighted by Crippen LogP contribution is -2.43. The zero-order valence-electron chi connectivity index (χ0n) is 22.7. The predicted octanol–water partition coefficient (Wildman–Crippen LogP) is 5.44. The first-order valence-corrected chi connectivity index (χ1v) is 16.7. The van der Waals surface area contributed by atoms with Crippen molar-refractivity contribution in [1.82, 2.24) is 9.62 Å². The van der Waals surface area contributed by atoms with E-state index in [-0.39, 0.29) is 35.2 Å². The van der Waals surface area contributed by atoms with Gasteiger partial charge in [-0.05, 0) is 60.5 Å². The van der Waals surface area contributed by atoms with Crippen LogP contribution in [0.15, 0.2) is 89.8 Å². The van der Waals surface area contributed by atoms with E-state index in [2.05, 4.69) is 5.32 Å². The Labute approximate surface area is 242 Å². The maximum absolute atomic E-state index is 13.7. The Kier molecular flexibility index (Phi) is 9.76. The molecule has 0 radical (unpaired) electrons. The Morgan fingerprint density at radius 2 is 1.57 bits per heavy atom. The van der Waals surface area contributed by atoms with Crippen molar-refractivity contribution in [2.24, 2.45) is 0 Å². The Hall–Kier alpha value is -2.49. The minimum Gasteiger partial charge on any atom is -0.392 e. The fourth-order valence-electron chi connectivity index (χ4n) is 5.79. The molecule has 0 aromatic heterocycles. The molecule has 3 aromatic carbocycles. The Morgan fingerprint density at radius 1 is 0.925 bits per heavy atom. The highest BCUT2D eigenvalue weighted by atomic mass is 32.2. The van der Waals surface area contributed by atoms with Crippen LogP contribution in [0.25, 0.3) is 11.1 Å². The molecule has 8 heteroatoms. The molecular formula is C32H38N2O4S2. The third-order valence-corrected chi connectivity index (χ3v) is 11.3. The molecule has 1 aliphatic carbocycles. The molecule has 4 atom stereocenters. The van der Waals surface area contributed by atoms with Gasteiger partial charge in [0.25, 0.3) is 0 Å². The van der Waals surface area contributed by atoms with E-state index in [4.69, 9.17) is 0 Å². The molecule has 1 saturated carbocycles. The van der Waals surface area contributed by atoms with Gasteiger partial charge in [0.2, 0.25) is 10.0 Å². The maximum Gasteiger partial charge on any atom is 0.244 e. The first kappa shape index (κ1) is 29.0. The summed E-state index contributed by atoms with van der Waals surface area (Å²) in [7, 11) is -3.82. The molecule has 2 aliphatic rings. The van der Waals surface area contributed by atoms with E-state index in [0.29, 0.717) is 18.8 Å².